The summed E-state index contributed by atoms with van der Waals surface area (Å²) in [4.78, 5) is 20.6. The van der Waals surface area contributed by atoms with Gasteiger partial charge in [-0.25, -0.2) is 9.97 Å². The predicted molar refractivity (Wildman–Crippen MR) is 87.4 cm³/mol. The smallest absolute Gasteiger partial charge is 0.254 e. The second-order valence-electron chi connectivity index (χ2n) is 5.89. The molecule has 0 aliphatic carbocycles. The van der Waals surface area contributed by atoms with E-state index in [1.807, 2.05) is 12.1 Å². The summed E-state index contributed by atoms with van der Waals surface area (Å²) in [5, 5.41) is 2.96. The van der Waals surface area contributed by atoms with Gasteiger partial charge in [0, 0.05) is 19.2 Å². The van der Waals surface area contributed by atoms with Gasteiger partial charge in [0.15, 0.2) is 0 Å². The maximum Gasteiger partial charge on any atom is 0.254 e. The number of carbonyl (C=O) groups excluding carboxylic acids is 1. The van der Waals surface area contributed by atoms with Crippen LogP contribution in [0.15, 0.2) is 30.7 Å². The highest BCUT2D eigenvalue weighted by atomic mass is 16.5. The molecule has 0 radical (unpaired) electrons. The van der Waals surface area contributed by atoms with Crippen LogP contribution in [0, 0.1) is 0 Å². The lowest BCUT2D eigenvalue weighted by Crippen LogP contribution is -2.24. The third kappa shape index (κ3) is 3.50. The van der Waals surface area contributed by atoms with E-state index < -0.39 is 0 Å². The largest absolute Gasteiger partial charge is 0.490 e. The zero-order valence-corrected chi connectivity index (χ0v) is 13.5. The molecule has 5 nitrogen and oxygen atoms in total. The van der Waals surface area contributed by atoms with Crippen molar-refractivity contribution in [3.05, 3.63) is 53.1 Å². The average molecular weight is 311 g/mol. The molecule has 0 bridgehead atoms. The minimum absolute atomic E-state index is 0.126. The molecule has 1 aliphatic rings. The molecular formula is C18H21N3O2. The van der Waals surface area contributed by atoms with Crippen molar-refractivity contribution >= 4 is 5.91 Å². The van der Waals surface area contributed by atoms with Gasteiger partial charge in [0.1, 0.15) is 18.2 Å². The molecule has 23 heavy (non-hydrogen) atoms. The molecule has 1 aliphatic heterocycles. The van der Waals surface area contributed by atoms with Crippen LogP contribution in [0.4, 0.5) is 0 Å². The van der Waals surface area contributed by atoms with Gasteiger partial charge in [-0.2, -0.15) is 0 Å². The fraction of sp³-hybridized carbons (Fsp3) is 0.389. The standard InChI is InChI=1S/C18H21N3O2/c1-3-4-16-15(10-19-11-21-16)18(22)20-9-13-5-6-17-14(8-13)7-12(2)23-17/h5-6,8,10-12H,3-4,7,9H2,1-2H3,(H,20,22). The number of benzene rings is 1. The summed E-state index contributed by atoms with van der Waals surface area (Å²) in [5.41, 5.74) is 3.64. The molecule has 0 saturated heterocycles. The van der Waals surface area contributed by atoms with E-state index in [1.54, 1.807) is 6.20 Å². The van der Waals surface area contributed by atoms with Crippen LogP contribution >= 0.6 is 0 Å². The molecule has 1 amide bonds. The van der Waals surface area contributed by atoms with Crippen molar-refractivity contribution in [2.24, 2.45) is 0 Å². The molecule has 2 aromatic rings. The Hall–Kier alpha value is -2.43. The Balaban J connectivity index is 1.67. The van der Waals surface area contributed by atoms with Crippen molar-refractivity contribution in [3.63, 3.8) is 0 Å². The van der Waals surface area contributed by atoms with E-state index in [-0.39, 0.29) is 12.0 Å². The summed E-state index contributed by atoms with van der Waals surface area (Å²) in [7, 11) is 0. The van der Waals surface area contributed by atoms with Crippen molar-refractivity contribution in [1.82, 2.24) is 15.3 Å². The van der Waals surface area contributed by atoms with Crippen molar-refractivity contribution < 1.29 is 9.53 Å². The second-order valence-corrected chi connectivity index (χ2v) is 5.89. The fourth-order valence-corrected chi connectivity index (χ4v) is 2.84. The normalized spacial score (nSPS) is 15.8. The van der Waals surface area contributed by atoms with Gasteiger partial charge in [0.25, 0.3) is 5.91 Å². The maximum atomic E-state index is 12.4. The molecule has 120 valence electrons. The monoisotopic (exact) mass is 311 g/mol. The molecule has 1 aromatic carbocycles. The summed E-state index contributed by atoms with van der Waals surface area (Å²) in [5.74, 6) is 0.827. The van der Waals surface area contributed by atoms with Crippen LogP contribution in [0.2, 0.25) is 0 Å². The quantitative estimate of drug-likeness (QED) is 0.922. The zero-order chi connectivity index (χ0) is 16.2. The highest BCUT2D eigenvalue weighted by Gasteiger charge is 2.19. The number of fused-ring (bicyclic) bond motifs is 1. The molecule has 0 fully saturated rings. The second kappa shape index (κ2) is 6.77. The van der Waals surface area contributed by atoms with Gasteiger partial charge >= 0.3 is 0 Å². The Bertz CT molecular complexity index is 715. The Kier molecular flexibility index (Phi) is 4.55. The fourth-order valence-electron chi connectivity index (χ4n) is 2.84. The van der Waals surface area contributed by atoms with Crippen LogP contribution in [0.5, 0.6) is 5.75 Å². The number of hydrogen-bond acceptors (Lipinski definition) is 4. The Morgan fingerprint density at radius 2 is 2.30 bits per heavy atom. The number of carbonyl (C=O) groups is 1. The number of rotatable bonds is 5. The van der Waals surface area contributed by atoms with E-state index in [2.05, 4.69) is 35.2 Å². The van der Waals surface area contributed by atoms with Crippen molar-refractivity contribution in [2.75, 3.05) is 0 Å². The van der Waals surface area contributed by atoms with Gasteiger partial charge in [0.2, 0.25) is 0 Å². The van der Waals surface area contributed by atoms with Gasteiger partial charge in [-0.1, -0.05) is 25.5 Å². The lowest BCUT2D eigenvalue weighted by molar-refractivity contribution is 0.0949. The topological polar surface area (TPSA) is 64.1 Å². The lowest BCUT2D eigenvalue weighted by Gasteiger charge is -2.09. The number of nitrogens with zero attached hydrogens (tertiary/aromatic N) is 2. The minimum atomic E-state index is -0.126. The van der Waals surface area contributed by atoms with Crippen LogP contribution in [0.25, 0.3) is 0 Å². The molecule has 5 heteroatoms. The number of hydrogen-bond donors (Lipinski definition) is 1. The highest BCUT2D eigenvalue weighted by Crippen LogP contribution is 2.29. The van der Waals surface area contributed by atoms with Gasteiger partial charge < -0.3 is 10.1 Å². The minimum Gasteiger partial charge on any atom is -0.490 e. The number of amides is 1. The molecule has 3 rings (SSSR count). The first-order chi connectivity index (χ1) is 11.2. The first-order valence-electron chi connectivity index (χ1n) is 8.03. The summed E-state index contributed by atoms with van der Waals surface area (Å²) < 4.78 is 5.70. The van der Waals surface area contributed by atoms with Crippen LogP contribution in [0.1, 0.15) is 47.4 Å². The molecule has 1 unspecified atom stereocenters. The molecule has 0 spiro atoms. The van der Waals surface area contributed by atoms with Crippen LogP contribution in [0.3, 0.4) is 0 Å². The molecule has 2 heterocycles. The van der Waals surface area contributed by atoms with E-state index in [4.69, 9.17) is 4.74 Å². The number of ether oxygens (including phenoxy) is 1. The number of aryl methyl sites for hydroxylation is 1. The average Bonchev–Trinajstić information content (AvgIpc) is 2.92. The number of aromatic nitrogens is 2. The van der Waals surface area contributed by atoms with Crippen LogP contribution < -0.4 is 10.1 Å². The summed E-state index contributed by atoms with van der Waals surface area (Å²) in [6, 6.07) is 6.08. The molecule has 1 N–H and O–H groups in total. The molecule has 1 aromatic heterocycles. The Morgan fingerprint density at radius 1 is 1.43 bits per heavy atom. The third-order valence-electron chi connectivity index (χ3n) is 3.94. The van der Waals surface area contributed by atoms with Crippen LogP contribution in [-0.4, -0.2) is 22.0 Å². The van der Waals surface area contributed by atoms with Crippen molar-refractivity contribution in [3.8, 4) is 5.75 Å². The predicted octanol–water partition coefficient (Wildman–Crippen LogP) is 2.68. The van der Waals surface area contributed by atoms with Crippen molar-refractivity contribution in [2.45, 2.75) is 45.8 Å². The first-order valence-corrected chi connectivity index (χ1v) is 8.03. The number of nitrogens with one attached hydrogen (secondary N) is 1. The first kappa shape index (κ1) is 15.5. The van der Waals surface area contributed by atoms with E-state index in [9.17, 15) is 4.79 Å². The SMILES string of the molecule is CCCc1ncncc1C(=O)NCc1ccc2c(c1)CC(C)O2. The molecule has 1 atom stereocenters. The van der Waals surface area contributed by atoms with Gasteiger partial charge in [-0.05, 0) is 30.5 Å². The summed E-state index contributed by atoms with van der Waals surface area (Å²) in [6.07, 6.45) is 5.95. The summed E-state index contributed by atoms with van der Waals surface area (Å²) in [6.45, 7) is 4.62. The van der Waals surface area contributed by atoms with E-state index in [0.29, 0.717) is 12.1 Å². The molecule has 0 saturated carbocycles. The highest BCUT2D eigenvalue weighted by molar-refractivity contribution is 5.94. The van der Waals surface area contributed by atoms with Gasteiger partial charge in [0.05, 0.1) is 11.3 Å². The van der Waals surface area contributed by atoms with Gasteiger partial charge in [-0.3, -0.25) is 4.79 Å². The maximum absolute atomic E-state index is 12.4. The van der Waals surface area contributed by atoms with Crippen molar-refractivity contribution in [1.29, 1.82) is 0 Å². The third-order valence-corrected chi connectivity index (χ3v) is 3.94. The summed E-state index contributed by atoms with van der Waals surface area (Å²) >= 11 is 0. The van der Waals surface area contributed by atoms with E-state index in [1.165, 1.54) is 11.9 Å². The Labute approximate surface area is 136 Å². The van der Waals surface area contributed by atoms with Gasteiger partial charge in [-0.15, -0.1) is 0 Å². The van der Waals surface area contributed by atoms with E-state index in [0.717, 1.165) is 36.3 Å². The Morgan fingerprint density at radius 3 is 3.13 bits per heavy atom. The zero-order valence-electron chi connectivity index (χ0n) is 13.5. The van der Waals surface area contributed by atoms with E-state index >= 15 is 0 Å². The van der Waals surface area contributed by atoms with Crippen LogP contribution in [-0.2, 0) is 19.4 Å². The molecular weight excluding hydrogens is 290 g/mol. The lowest BCUT2D eigenvalue weighted by atomic mass is 10.1.